The largest absolute Gasteiger partial charge is 0.497 e. The Morgan fingerprint density at radius 3 is 2.26 bits per heavy atom. The maximum absolute atomic E-state index is 12.1. The SMILES string of the molecule is C=CCOc1c(Br)cc(/C=C(\Sc2nnc(-c3cc(OC)cc(OC)c3)n2CC)C(=O)O)cc1Br. The number of carbonyl (C=O) groups is 1. The first-order valence-corrected chi connectivity index (χ1v) is 12.7. The van der Waals surface area contributed by atoms with Crippen molar-refractivity contribution in [2.45, 2.75) is 18.6 Å². The van der Waals surface area contributed by atoms with E-state index < -0.39 is 5.97 Å². The summed E-state index contributed by atoms with van der Waals surface area (Å²) in [5.41, 5.74) is 1.41. The third-order valence-corrected chi connectivity index (χ3v) is 6.89. The van der Waals surface area contributed by atoms with Gasteiger partial charge in [-0.1, -0.05) is 12.7 Å². The van der Waals surface area contributed by atoms with Crippen molar-refractivity contribution in [2.24, 2.45) is 0 Å². The highest BCUT2D eigenvalue weighted by molar-refractivity contribution is 9.11. The number of aliphatic carboxylic acids is 1. The van der Waals surface area contributed by atoms with Crippen LogP contribution in [0.2, 0.25) is 0 Å². The molecule has 0 saturated carbocycles. The second-order valence-corrected chi connectivity index (χ2v) is 9.70. The molecule has 0 unspecified atom stereocenters. The molecule has 1 heterocycles. The number of aromatic nitrogens is 3. The summed E-state index contributed by atoms with van der Waals surface area (Å²) in [6.45, 7) is 6.46. The summed E-state index contributed by atoms with van der Waals surface area (Å²) in [7, 11) is 3.15. The van der Waals surface area contributed by atoms with Gasteiger partial charge >= 0.3 is 5.97 Å². The predicted octanol–water partition coefficient (Wildman–Crippen LogP) is 6.29. The molecule has 0 aliphatic rings. The number of rotatable bonds is 11. The first-order valence-electron chi connectivity index (χ1n) is 10.3. The average molecular weight is 625 g/mol. The standard InChI is InChI=1S/C24H23Br2N3O5S/c1-5-7-34-21-18(25)8-14(9-19(21)26)10-20(23(30)31)35-24-28-27-22(29(24)6-2)15-11-16(32-3)13-17(12-15)33-4/h5,8-13H,1,6-7H2,2-4H3,(H,30,31)/b20-10-. The zero-order valence-corrected chi connectivity index (χ0v) is 23.2. The molecule has 3 aromatic rings. The Kier molecular flexibility index (Phi) is 9.41. The Bertz CT molecular complexity index is 1230. The van der Waals surface area contributed by atoms with Gasteiger partial charge in [-0.15, -0.1) is 10.2 Å². The number of carboxylic acid groups (broad SMARTS) is 1. The van der Waals surface area contributed by atoms with Gasteiger partial charge in [0.25, 0.3) is 0 Å². The molecule has 2 aromatic carbocycles. The number of methoxy groups -OCH3 is 2. The summed E-state index contributed by atoms with van der Waals surface area (Å²) in [4.78, 5) is 12.2. The number of hydrogen-bond donors (Lipinski definition) is 1. The van der Waals surface area contributed by atoms with Gasteiger partial charge in [0, 0.05) is 18.2 Å². The van der Waals surface area contributed by atoms with Gasteiger partial charge in [-0.3, -0.25) is 0 Å². The molecule has 0 spiro atoms. The molecule has 1 N–H and O–H groups in total. The van der Waals surface area contributed by atoms with E-state index in [0.29, 0.717) is 55.9 Å². The smallest absolute Gasteiger partial charge is 0.342 e. The minimum Gasteiger partial charge on any atom is -0.497 e. The Balaban J connectivity index is 1.98. The molecule has 3 rings (SSSR count). The van der Waals surface area contributed by atoms with Crippen molar-refractivity contribution in [3.63, 3.8) is 0 Å². The highest BCUT2D eigenvalue weighted by Crippen LogP contribution is 2.37. The number of thioether (sulfide) groups is 1. The van der Waals surface area contributed by atoms with E-state index >= 15 is 0 Å². The highest BCUT2D eigenvalue weighted by atomic mass is 79.9. The Hall–Kier alpha value is -2.76. The van der Waals surface area contributed by atoms with E-state index in [1.54, 1.807) is 44.6 Å². The molecule has 11 heteroatoms. The van der Waals surface area contributed by atoms with Crippen molar-refractivity contribution in [3.8, 4) is 28.6 Å². The number of carboxylic acids is 1. The van der Waals surface area contributed by atoms with E-state index in [1.165, 1.54) is 0 Å². The van der Waals surface area contributed by atoms with E-state index in [9.17, 15) is 9.90 Å². The second-order valence-electron chi connectivity index (χ2n) is 6.98. The summed E-state index contributed by atoms with van der Waals surface area (Å²) in [6, 6.07) is 8.98. The zero-order valence-electron chi connectivity index (χ0n) is 19.2. The van der Waals surface area contributed by atoms with Gasteiger partial charge in [0.2, 0.25) is 0 Å². The molecule has 0 radical (unpaired) electrons. The van der Waals surface area contributed by atoms with Crippen LogP contribution in [0.25, 0.3) is 17.5 Å². The molecule has 0 aliphatic heterocycles. The molecule has 0 aliphatic carbocycles. The molecule has 0 saturated heterocycles. The quantitative estimate of drug-likeness (QED) is 0.151. The van der Waals surface area contributed by atoms with Crippen LogP contribution in [0.4, 0.5) is 0 Å². The monoisotopic (exact) mass is 623 g/mol. The first kappa shape index (κ1) is 26.8. The van der Waals surface area contributed by atoms with Gasteiger partial charge in [-0.2, -0.15) is 0 Å². The van der Waals surface area contributed by atoms with Gasteiger partial charge in [-0.05, 0) is 86.5 Å². The fourth-order valence-electron chi connectivity index (χ4n) is 3.13. The summed E-state index contributed by atoms with van der Waals surface area (Å²) in [5.74, 6) is 1.33. The number of benzene rings is 2. The fourth-order valence-corrected chi connectivity index (χ4v) is 5.46. The Morgan fingerprint density at radius 1 is 1.11 bits per heavy atom. The lowest BCUT2D eigenvalue weighted by Crippen LogP contribution is -2.03. The first-order chi connectivity index (χ1) is 16.8. The van der Waals surface area contributed by atoms with E-state index in [1.807, 2.05) is 23.6 Å². The molecule has 1 aromatic heterocycles. The zero-order chi connectivity index (χ0) is 25.5. The van der Waals surface area contributed by atoms with E-state index in [-0.39, 0.29) is 4.91 Å². The topological polar surface area (TPSA) is 95.7 Å². The third-order valence-electron chi connectivity index (χ3n) is 4.72. The molecule has 35 heavy (non-hydrogen) atoms. The van der Waals surface area contributed by atoms with Gasteiger partial charge < -0.3 is 23.9 Å². The Labute approximate surface area is 224 Å². The number of ether oxygens (including phenoxy) is 3. The molecule has 8 nitrogen and oxygen atoms in total. The van der Waals surface area contributed by atoms with Gasteiger partial charge in [-0.25, -0.2) is 4.79 Å². The van der Waals surface area contributed by atoms with Crippen LogP contribution in [0, 0.1) is 0 Å². The van der Waals surface area contributed by atoms with Crippen LogP contribution in [-0.2, 0) is 11.3 Å². The van der Waals surface area contributed by atoms with E-state index in [4.69, 9.17) is 14.2 Å². The lowest BCUT2D eigenvalue weighted by atomic mass is 10.2. The molecule has 0 atom stereocenters. The number of halogens is 2. The van der Waals surface area contributed by atoms with E-state index in [2.05, 4.69) is 48.6 Å². The number of nitrogens with zero attached hydrogens (tertiary/aromatic N) is 3. The summed E-state index contributed by atoms with van der Waals surface area (Å²) in [6.07, 6.45) is 3.22. The molecule has 0 fully saturated rings. The van der Waals surface area contributed by atoms with Crippen molar-refractivity contribution in [1.29, 1.82) is 0 Å². The molecule has 184 valence electrons. The van der Waals surface area contributed by atoms with Crippen molar-refractivity contribution in [1.82, 2.24) is 14.8 Å². The van der Waals surface area contributed by atoms with Crippen molar-refractivity contribution >= 4 is 55.7 Å². The average Bonchev–Trinajstić information content (AvgIpc) is 3.25. The summed E-state index contributed by atoms with van der Waals surface area (Å²) in [5, 5.41) is 18.9. The van der Waals surface area contributed by atoms with E-state index in [0.717, 1.165) is 17.3 Å². The normalized spacial score (nSPS) is 11.3. The molecule has 0 bridgehead atoms. The van der Waals surface area contributed by atoms with Crippen molar-refractivity contribution < 1.29 is 24.1 Å². The lowest BCUT2D eigenvalue weighted by molar-refractivity contribution is -0.131. The third kappa shape index (κ3) is 6.47. The minimum atomic E-state index is -1.08. The maximum Gasteiger partial charge on any atom is 0.342 e. The maximum atomic E-state index is 12.1. The van der Waals surface area contributed by atoms with Crippen LogP contribution >= 0.6 is 43.6 Å². The predicted molar refractivity (Wildman–Crippen MR) is 143 cm³/mol. The molecular formula is C24H23Br2N3O5S. The highest BCUT2D eigenvalue weighted by Gasteiger charge is 2.20. The van der Waals surface area contributed by atoms with Gasteiger partial charge in [0.15, 0.2) is 11.0 Å². The summed E-state index contributed by atoms with van der Waals surface area (Å²) < 4.78 is 19.6. The van der Waals surface area contributed by atoms with Crippen molar-refractivity contribution in [3.05, 3.63) is 62.4 Å². The van der Waals surface area contributed by atoms with Crippen LogP contribution < -0.4 is 14.2 Å². The van der Waals surface area contributed by atoms with Crippen LogP contribution in [0.5, 0.6) is 17.2 Å². The minimum absolute atomic E-state index is 0.0837. The fraction of sp³-hybridized carbons (Fsp3) is 0.208. The molecular weight excluding hydrogens is 602 g/mol. The lowest BCUT2D eigenvalue weighted by Gasteiger charge is -2.11. The van der Waals surface area contributed by atoms with Crippen LogP contribution in [0.3, 0.4) is 0 Å². The van der Waals surface area contributed by atoms with Crippen LogP contribution in [-0.4, -0.2) is 46.7 Å². The molecule has 0 amide bonds. The summed E-state index contributed by atoms with van der Waals surface area (Å²) >= 11 is 7.98. The second kappa shape index (κ2) is 12.3. The number of hydrogen-bond acceptors (Lipinski definition) is 7. The van der Waals surface area contributed by atoms with Gasteiger partial charge in [0.1, 0.15) is 28.8 Å². The Morgan fingerprint density at radius 2 is 1.74 bits per heavy atom. The van der Waals surface area contributed by atoms with Gasteiger partial charge in [0.05, 0.1) is 23.2 Å². The van der Waals surface area contributed by atoms with Crippen molar-refractivity contribution in [2.75, 3.05) is 20.8 Å². The van der Waals surface area contributed by atoms with Crippen LogP contribution in [0.1, 0.15) is 12.5 Å². The van der Waals surface area contributed by atoms with Crippen LogP contribution in [0.15, 0.2) is 62.0 Å².